The van der Waals surface area contributed by atoms with E-state index in [9.17, 15) is 9.59 Å². The quantitative estimate of drug-likeness (QED) is 0.845. The van der Waals surface area contributed by atoms with E-state index < -0.39 is 0 Å². The average Bonchev–Trinajstić information content (AvgIpc) is 3.04. The molecule has 2 heterocycles. The summed E-state index contributed by atoms with van der Waals surface area (Å²) in [5, 5.41) is 4.54. The first-order valence-electron chi connectivity index (χ1n) is 7.61. The highest BCUT2D eigenvalue weighted by molar-refractivity contribution is 7.12. The second-order valence-corrected chi connectivity index (χ2v) is 5.86. The highest BCUT2D eigenvalue weighted by Crippen LogP contribution is 2.24. The Morgan fingerprint density at radius 2 is 2.13 bits per heavy atom. The van der Waals surface area contributed by atoms with Crippen molar-refractivity contribution in [3.05, 3.63) is 40.6 Å². The Hall–Kier alpha value is -2.28. The first-order chi connectivity index (χ1) is 11.2. The molecule has 0 saturated heterocycles. The number of carbonyl (C=O) groups is 2. The lowest BCUT2D eigenvalue weighted by molar-refractivity contribution is 0.0768. The maximum Gasteiger partial charge on any atom is 0.275 e. The van der Waals surface area contributed by atoms with Gasteiger partial charge in [-0.25, -0.2) is 4.98 Å². The number of aromatic nitrogens is 2. The van der Waals surface area contributed by atoms with Crippen LogP contribution in [0.2, 0.25) is 0 Å². The van der Waals surface area contributed by atoms with Crippen LogP contribution in [0, 0.1) is 0 Å². The number of rotatable bonds is 7. The van der Waals surface area contributed by atoms with Gasteiger partial charge in [0.25, 0.3) is 11.8 Å². The monoisotopic (exact) mass is 332 g/mol. The van der Waals surface area contributed by atoms with Crippen LogP contribution in [0.5, 0.6) is 0 Å². The molecule has 0 aliphatic rings. The SMILES string of the molecule is CCCCN(CC)C(=O)c1sccc1NC(=O)c1cnccn1. The summed E-state index contributed by atoms with van der Waals surface area (Å²) in [5.41, 5.74) is 0.737. The number of hydrogen-bond acceptors (Lipinski definition) is 5. The van der Waals surface area contributed by atoms with Crippen molar-refractivity contribution in [1.82, 2.24) is 14.9 Å². The molecule has 1 N–H and O–H groups in total. The molecule has 23 heavy (non-hydrogen) atoms. The molecule has 2 aromatic rings. The minimum atomic E-state index is -0.373. The molecule has 0 fully saturated rings. The lowest BCUT2D eigenvalue weighted by Gasteiger charge is -2.20. The number of amides is 2. The Kier molecular flexibility index (Phi) is 6.22. The minimum Gasteiger partial charge on any atom is -0.338 e. The van der Waals surface area contributed by atoms with E-state index in [0.717, 1.165) is 19.4 Å². The van der Waals surface area contributed by atoms with Crippen molar-refractivity contribution in [2.45, 2.75) is 26.7 Å². The summed E-state index contributed by atoms with van der Waals surface area (Å²) in [6.07, 6.45) is 6.35. The van der Waals surface area contributed by atoms with Crippen LogP contribution in [0.25, 0.3) is 0 Å². The van der Waals surface area contributed by atoms with E-state index in [1.165, 1.54) is 29.9 Å². The molecule has 2 amide bonds. The third-order valence-corrected chi connectivity index (χ3v) is 4.26. The lowest BCUT2D eigenvalue weighted by atomic mass is 10.2. The first-order valence-corrected chi connectivity index (χ1v) is 8.49. The van der Waals surface area contributed by atoms with Gasteiger partial charge in [0.15, 0.2) is 0 Å². The summed E-state index contributed by atoms with van der Waals surface area (Å²) in [4.78, 5) is 35.0. The zero-order valence-electron chi connectivity index (χ0n) is 13.3. The van der Waals surface area contributed by atoms with E-state index in [0.29, 0.717) is 17.1 Å². The van der Waals surface area contributed by atoms with E-state index >= 15 is 0 Å². The van der Waals surface area contributed by atoms with Crippen molar-refractivity contribution >= 4 is 28.8 Å². The van der Waals surface area contributed by atoms with E-state index in [1.54, 1.807) is 16.3 Å². The standard InChI is InChI=1S/C16H20N4O2S/c1-3-5-9-20(4-2)16(22)14-12(6-10-23-14)19-15(21)13-11-17-7-8-18-13/h6-8,10-11H,3-5,9H2,1-2H3,(H,19,21). The summed E-state index contributed by atoms with van der Waals surface area (Å²) in [6.45, 7) is 5.42. The molecule has 0 radical (unpaired) electrons. The Morgan fingerprint density at radius 3 is 2.78 bits per heavy atom. The smallest absolute Gasteiger partial charge is 0.275 e. The van der Waals surface area contributed by atoms with Crippen LogP contribution in [0.3, 0.4) is 0 Å². The zero-order valence-corrected chi connectivity index (χ0v) is 14.1. The fraction of sp³-hybridized carbons (Fsp3) is 0.375. The zero-order chi connectivity index (χ0) is 16.7. The van der Waals surface area contributed by atoms with Crippen molar-refractivity contribution in [3.8, 4) is 0 Å². The normalized spacial score (nSPS) is 10.3. The number of carbonyl (C=O) groups excluding carboxylic acids is 2. The van der Waals surface area contributed by atoms with Crippen LogP contribution in [-0.2, 0) is 0 Å². The number of thiophene rings is 1. The van der Waals surface area contributed by atoms with Crippen LogP contribution in [-0.4, -0.2) is 39.8 Å². The Balaban J connectivity index is 2.12. The van der Waals surface area contributed by atoms with Gasteiger partial charge in [0.1, 0.15) is 10.6 Å². The van der Waals surface area contributed by atoms with Gasteiger partial charge in [-0.05, 0) is 24.8 Å². The van der Waals surface area contributed by atoms with Crippen molar-refractivity contribution in [2.75, 3.05) is 18.4 Å². The van der Waals surface area contributed by atoms with E-state index in [1.807, 2.05) is 6.92 Å². The number of hydrogen-bond donors (Lipinski definition) is 1. The molecule has 0 aromatic carbocycles. The molecule has 2 aromatic heterocycles. The van der Waals surface area contributed by atoms with E-state index in [-0.39, 0.29) is 17.5 Å². The van der Waals surface area contributed by atoms with Gasteiger partial charge in [0, 0.05) is 25.5 Å². The number of anilines is 1. The van der Waals surface area contributed by atoms with Gasteiger partial charge in [-0.15, -0.1) is 11.3 Å². The molecule has 122 valence electrons. The van der Waals surface area contributed by atoms with Crippen molar-refractivity contribution in [1.29, 1.82) is 0 Å². The maximum atomic E-state index is 12.6. The van der Waals surface area contributed by atoms with Crippen LogP contribution in [0.4, 0.5) is 5.69 Å². The van der Waals surface area contributed by atoms with E-state index in [4.69, 9.17) is 0 Å². The van der Waals surface area contributed by atoms with Gasteiger partial charge >= 0.3 is 0 Å². The molecule has 7 heteroatoms. The van der Waals surface area contributed by atoms with Gasteiger partial charge in [-0.2, -0.15) is 0 Å². The van der Waals surface area contributed by atoms with Gasteiger partial charge < -0.3 is 10.2 Å². The fourth-order valence-corrected chi connectivity index (χ4v) is 2.89. The molecule has 0 spiro atoms. The molecular formula is C16H20N4O2S. The molecule has 0 aliphatic carbocycles. The topological polar surface area (TPSA) is 75.2 Å². The molecular weight excluding hydrogens is 312 g/mol. The number of nitrogens with zero attached hydrogens (tertiary/aromatic N) is 3. The lowest BCUT2D eigenvalue weighted by Crippen LogP contribution is -2.31. The summed E-state index contributed by atoms with van der Waals surface area (Å²) in [7, 11) is 0. The van der Waals surface area contributed by atoms with E-state index in [2.05, 4.69) is 22.2 Å². The van der Waals surface area contributed by atoms with Crippen LogP contribution < -0.4 is 5.32 Å². The fourth-order valence-electron chi connectivity index (χ4n) is 2.07. The van der Waals surface area contributed by atoms with Crippen molar-refractivity contribution in [2.24, 2.45) is 0 Å². The largest absolute Gasteiger partial charge is 0.338 e. The first kappa shape index (κ1) is 17.1. The summed E-state index contributed by atoms with van der Waals surface area (Å²) in [5.74, 6) is -0.424. The van der Waals surface area contributed by atoms with Crippen LogP contribution in [0.1, 0.15) is 46.8 Å². The average molecular weight is 332 g/mol. The van der Waals surface area contributed by atoms with Crippen molar-refractivity contribution in [3.63, 3.8) is 0 Å². The summed E-state index contributed by atoms with van der Waals surface area (Å²) >= 11 is 1.33. The molecule has 0 aliphatic heterocycles. The van der Waals surface area contributed by atoms with Gasteiger partial charge in [-0.3, -0.25) is 14.6 Å². The van der Waals surface area contributed by atoms with Gasteiger partial charge in [0.05, 0.1) is 11.9 Å². The molecule has 0 unspecified atom stereocenters. The third-order valence-electron chi connectivity index (χ3n) is 3.35. The Labute approximate surface area is 139 Å². The molecule has 0 saturated carbocycles. The second-order valence-electron chi connectivity index (χ2n) is 4.95. The summed E-state index contributed by atoms with van der Waals surface area (Å²) in [6, 6.07) is 1.74. The molecule has 6 nitrogen and oxygen atoms in total. The van der Waals surface area contributed by atoms with Crippen molar-refractivity contribution < 1.29 is 9.59 Å². The van der Waals surface area contributed by atoms with Gasteiger partial charge in [0.2, 0.25) is 0 Å². The Bertz CT molecular complexity index is 657. The van der Waals surface area contributed by atoms with Gasteiger partial charge in [-0.1, -0.05) is 13.3 Å². The summed E-state index contributed by atoms with van der Waals surface area (Å²) < 4.78 is 0. The predicted molar refractivity (Wildman–Crippen MR) is 90.8 cm³/mol. The highest BCUT2D eigenvalue weighted by Gasteiger charge is 2.20. The molecule has 0 bridgehead atoms. The minimum absolute atomic E-state index is 0.0506. The predicted octanol–water partition coefficient (Wildman–Crippen LogP) is 3.05. The Morgan fingerprint density at radius 1 is 1.30 bits per heavy atom. The number of unbranched alkanes of at least 4 members (excludes halogenated alkanes) is 1. The van der Waals surface area contributed by atoms with Crippen LogP contribution >= 0.6 is 11.3 Å². The molecule has 2 rings (SSSR count). The second kappa shape index (κ2) is 8.38. The third kappa shape index (κ3) is 4.35. The molecule has 0 atom stereocenters. The maximum absolute atomic E-state index is 12.6. The number of nitrogens with one attached hydrogen (secondary N) is 1. The highest BCUT2D eigenvalue weighted by atomic mass is 32.1. The van der Waals surface area contributed by atoms with Crippen LogP contribution in [0.15, 0.2) is 30.0 Å².